The van der Waals surface area contributed by atoms with E-state index in [4.69, 9.17) is 4.52 Å². The van der Waals surface area contributed by atoms with Gasteiger partial charge in [0.15, 0.2) is 5.76 Å². The number of aliphatic hydroxyl groups is 1. The molecule has 0 radical (unpaired) electrons. The number of hydrogen-bond donors (Lipinski definition) is 1. The van der Waals surface area contributed by atoms with E-state index in [9.17, 15) is 5.11 Å². The zero-order chi connectivity index (χ0) is 14.7. The maximum atomic E-state index is 9.71. The van der Waals surface area contributed by atoms with Crippen LogP contribution in [0.3, 0.4) is 0 Å². The van der Waals surface area contributed by atoms with Crippen molar-refractivity contribution in [1.82, 2.24) is 20.2 Å². The fraction of sp³-hybridized carbons (Fsp3) is 0.267. The quantitative estimate of drug-likeness (QED) is 0.778. The molecule has 6 nitrogen and oxygen atoms in total. The molecule has 0 spiro atoms. The topological polar surface area (TPSA) is 77.0 Å². The van der Waals surface area contributed by atoms with Gasteiger partial charge in [0.1, 0.15) is 11.4 Å². The van der Waals surface area contributed by atoms with Gasteiger partial charge in [0.05, 0.1) is 18.8 Å². The minimum Gasteiger partial charge on any atom is -0.387 e. The van der Waals surface area contributed by atoms with Crippen molar-refractivity contribution in [3.63, 3.8) is 0 Å². The van der Waals surface area contributed by atoms with Crippen LogP contribution in [0.1, 0.15) is 30.8 Å². The van der Waals surface area contributed by atoms with Crippen molar-refractivity contribution in [3.05, 3.63) is 54.0 Å². The first kappa shape index (κ1) is 13.5. The van der Waals surface area contributed by atoms with E-state index in [1.807, 2.05) is 43.3 Å². The van der Waals surface area contributed by atoms with E-state index >= 15 is 0 Å². The summed E-state index contributed by atoms with van der Waals surface area (Å²) in [5, 5.41) is 21.7. The Bertz CT molecular complexity index is 705. The second kappa shape index (κ2) is 5.88. The molecular weight excluding hydrogens is 268 g/mol. The maximum absolute atomic E-state index is 9.71. The van der Waals surface area contributed by atoms with E-state index in [-0.39, 0.29) is 0 Å². The van der Waals surface area contributed by atoms with Crippen molar-refractivity contribution in [2.24, 2.45) is 0 Å². The Kier molecular flexibility index (Phi) is 3.79. The van der Waals surface area contributed by atoms with Gasteiger partial charge in [-0.3, -0.25) is 0 Å². The van der Waals surface area contributed by atoms with Crippen molar-refractivity contribution in [1.29, 1.82) is 0 Å². The number of benzene rings is 1. The highest BCUT2D eigenvalue weighted by atomic mass is 16.5. The second-order valence-corrected chi connectivity index (χ2v) is 4.81. The van der Waals surface area contributed by atoms with Gasteiger partial charge in [-0.25, -0.2) is 4.68 Å². The molecule has 1 aromatic carbocycles. The van der Waals surface area contributed by atoms with Crippen LogP contribution in [0, 0.1) is 0 Å². The summed E-state index contributed by atoms with van der Waals surface area (Å²) in [7, 11) is 0. The van der Waals surface area contributed by atoms with Crippen LogP contribution in [0.5, 0.6) is 0 Å². The molecule has 0 bridgehead atoms. The first-order chi connectivity index (χ1) is 10.3. The van der Waals surface area contributed by atoms with Gasteiger partial charge in [0.2, 0.25) is 0 Å². The molecule has 2 heterocycles. The van der Waals surface area contributed by atoms with Gasteiger partial charge < -0.3 is 9.63 Å². The highest BCUT2D eigenvalue weighted by Gasteiger charge is 2.11. The Morgan fingerprint density at radius 3 is 2.86 bits per heavy atom. The molecule has 3 aromatic rings. The summed E-state index contributed by atoms with van der Waals surface area (Å²) in [4.78, 5) is 0. The number of rotatable bonds is 5. The molecule has 3 rings (SSSR count). The molecule has 0 fully saturated rings. The fourth-order valence-corrected chi connectivity index (χ4v) is 2.04. The van der Waals surface area contributed by atoms with Gasteiger partial charge >= 0.3 is 0 Å². The number of aliphatic hydroxyl groups excluding tert-OH is 1. The van der Waals surface area contributed by atoms with Crippen LogP contribution in [0.25, 0.3) is 11.3 Å². The Hall–Kier alpha value is -2.47. The van der Waals surface area contributed by atoms with Crippen molar-refractivity contribution in [2.45, 2.75) is 26.0 Å². The monoisotopic (exact) mass is 284 g/mol. The Labute approximate surface area is 122 Å². The van der Waals surface area contributed by atoms with Crippen LogP contribution < -0.4 is 0 Å². The number of nitrogens with zero attached hydrogens (tertiary/aromatic N) is 4. The van der Waals surface area contributed by atoms with Crippen LogP contribution in [0.15, 0.2) is 47.1 Å². The summed E-state index contributed by atoms with van der Waals surface area (Å²) in [5.74, 6) is 0.722. The van der Waals surface area contributed by atoms with Gasteiger partial charge in [-0.1, -0.05) is 47.6 Å². The molecule has 21 heavy (non-hydrogen) atoms. The molecule has 2 aromatic heterocycles. The second-order valence-electron chi connectivity index (χ2n) is 4.81. The van der Waals surface area contributed by atoms with E-state index in [0.29, 0.717) is 18.7 Å². The molecule has 1 N–H and O–H groups in total. The zero-order valence-electron chi connectivity index (χ0n) is 11.7. The molecule has 0 aliphatic carbocycles. The average Bonchev–Trinajstić information content (AvgIpc) is 3.17. The summed E-state index contributed by atoms with van der Waals surface area (Å²) in [6.07, 6.45) is 1.77. The van der Waals surface area contributed by atoms with E-state index in [1.54, 1.807) is 10.9 Å². The third-order valence-electron chi connectivity index (χ3n) is 3.23. The zero-order valence-corrected chi connectivity index (χ0v) is 11.7. The molecule has 6 heteroatoms. The molecule has 0 aliphatic heterocycles. The summed E-state index contributed by atoms with van der Waals surface area (Å²) in [6, 6.07) is 11.7. The normalized spacial score (nSPS) is 12.5. The molecule has 1 unspecified atom stereocenters. The van der Waals surface area contributed by atoms with Crippen LogP contribution in [0.2, 0.25) is 0 Å². The lowest BCUT2D eigenvalue weighted by atomic mass is 10.2. The minimum atomic E-state index is -0.573. The maximum Gasteiger partial charge on any atom is 0.167 e. The molecule has 108 valence electrons. The third kappa shape index (κ3) is 3.00. The van der Waals surface area contributed by atoms with Crippen LogP contribution in [0.4, 0.5) is 0 Å². The lowest BCUT2D eigenvalue weighted by Crippen LogP contribution is -2.00. The summed E-state index contributed by atoms with van der Waals surface area (Å²) < 4.78 is 6.98. The standard InChI is InChI=1S/C15H16N4O2/c1-2-14(20)13-10-19(18-16-13)9-12-8-15(21-17-12)11-6-4-3-5-7-11/h3-8,10,14,20H,2,9H2,1H3. The highest BCUT2D eigenvalue weighted by Crippen LogP contribution is 2.20. The van der Waals surface area contributed by atoms with Gasteiger partial charge in [-0.15, -0.1) is 5.10 Å². The minimum absolute atomic E-state index is 0.458. The van der Waals surface area contributed by atoms with E-state index in [0.717, 1.165) is 17.0 Å². The van der Waals surface area contributed by atoms with Crippen molar-refractivity contribution in [3.8, 4) is 11.3 Å². The van der Waals surface area contributed by atoms with Gasteiger partial charge in [0, 0.05) is 11.6 Å². The van der Waals surface area contributed by atoms with Gasteiger partial charge in [-0.2, -0.15) is 0 Å². The largest absolute Gasteiger partial charge is 0.387 e. The molecule has 1 atom stereocenters. The van der Waals surface area contributed by atoms with Crippen molar-refractivity contribution >= 4 is 0 Å². The predicted molar refractivity (Wildman–Crippen MR) is 76.3 cm³/mol. The first-order valence-electron chi connectivity index (χ1n) is 6.85. The third-order valence-corrected chi connectivity index (χ3v) is 3.23. The molecule has 0 amide bonds. The van der Waals surface area contributed by atoms with Gasteiger partial charge in [0.25, 0.3) is 0 Å². The first-order valence-corrected chi connectivity index (χ1v) is 6.85. The SMILES string of the molecule is CCC(O)c1cn(Cc2cc(-c3ccccc3)on2)nn1. The predicted octanol–water partition coefficient (Wildman–Crippen LogP) is 2.42. The Morgan fingerprint density at radius 1 is 1.29 bits per heavy atom. The molecule has 0 saturated heterocycles. The molecule has 0 saturated carbocycles. The van der Waals surface area contributed by atoms with Crippen molar-refractivity contribution in [2.75, 3.05) is 0 Å². The van der Waals surface area contributed by atoms with Crippen LogP contribution >= 0.6 is 0 Å². The summed E-state index contributed by atoms with van der Waals surface area (Å²) >= 11 is 0. The smallest absolute Gasteiger partial charge is 0.167 e. The Balaban J connectivity index is 1.74. The highest BCUT2D eigenvalue weighted by molar-refractivity contribution is 5.56. The van der Waals surface area contributed by atoms with Gasteiger partial charge in [-0.05, 0) is 6.42 Å². The van der Waals surface area contributed by atoms with Crippen LogP contribution in [-0.4, -0.2) is 25.3 Å². The fourth-order valence-electron chi connectivity index (χ4n) is 2.04. The lowest BCUT2D eigenvalue weighted by Gasteiger charge is -2.00. The average molecular weight is 284 g/mol. The summed E-state index contributed by atoms with van der Waals surface area (Å²) in [6.45, 7) is 2.35. The van der Waals surface area contributed by atoms with E-state index in [2.05, 4.69) is 15.5 Å². The van der Waals surface area contributed by atoms with E-state index < -0.39 is 6.10 Å². The van der Waals surface area contributed by atoms with E-state index in [1.165, 1.54) is 0 Å². The Morgan fingerprint density at radius 2 is 2.10 bits per heavy atom. The van der Waals surface area contributed by atoms with Crippen LogP contribution in [-0.2, 0) is 6.54 Å². The van der Waals surface area contributed by atoms with Crippen molar-refractivity contribution < 1.29 is 9.63 Å². The molecule has 0 aliphatic rings. The number of aromatic nitrogens is 4. The lowest BCUT2D eigenvalue weighted by molar-refractivity contribution is 0.168. The number of hydrogen-bond acceptors (Lipinski definition) is 5. The summed E-state index contributed by atoms with van der Waals surface area (Å²) in [5.41, 5.74) is 2.32. The molecular formula is C15H16N4O2.